The first-order chi connectivity index (χ1) is 11.7. The molecule has 0 radical (unpaired) electrons. The predicted octanol–water partition coefficient (Wildman–Crippen LogP) is 3.67. The number of benzene rings is 1. The average Bonchev–Trinajstić information content (AvgIpc) is 2.87. The number of ether oxygens (including phenoxy) is 1. The molecule has 1 N–H and O–H groups in total. The first-order valence-electron chi connectivity index (χ1n) is 8.55. The van der Waals surface area contributed by atoms with Gasteiger partial charge in [-0.2, -0.15) is 13.2 Å². The van der Waals surface area contributed by atoms with Crippen LogP contribution >= 0.6 is 0 Å². The quantitative estimate of drug-likeness (QED) is 0.898. The molecule has 1 spiro atoms. The molecule has 0 aromatic heterocycles. The molecule has 1 amide bonds. The smallest absolute Gasteiger partial charge is 0.425 e. The van der Waals surface area contributed by atoms with E-state index in [-0.39, 0.29) is 23.2 Å². The Morgan fingerprint density at radius 2 is 1.80 bits per heavy atom. The number of alkyl halides is 3. The summed E-state index contributed by atoms with van der Waals surface area (Å²) in [4.78, 5) is 14.5. The molecule has 2 fully saturated rings. The van der Waals surface area contributed by atoms with E-state index in [0.717, 1.165) is 13.3 Å². The summed E-state index contributed by atoms with van der Waals surface area (Å²) >= 11 is 0. The van der Waals surface area contributed by atoms with Crippen LogP contribution in [0.1, 0.15) is 39.0 Å². The third kappa shape index (κ3) is 3.61. The molecule has 1 aromatic carbocycles. The van der Waals surface area contributed by atoms with Gasteiger partial charge in [-0.25, -0.2) is 0 Å². The van der Waals surface area contributed by atoms with Crippen LogP contribution in [0.2, 0.25) is 0 Å². The molecule has 1 saturated heterocycles. The van der Waals surface area contributed by atoms with Crippen molar-refractivity contribution in [3.05, 3.63) is 24.3 Å². The Morgan fingerprint density at radius 1 is 1.20 bits per heavy atom. The van der Waals surface area contributed by atoms with E-state index in [1.165, 1.54) is 12.1 Å². The van der Waals surface area contributed by atoms with Gasteiger partial charge in [0, 0.05) is 12.2 Å². The molecule has 0 bridgehead atoms. The maximum atomic E-state index is 12.8. The lowest BCUT2D eigenvalue weighted by Crippen LogP contribution is -2.38. The number of amides is 1. The predicted molar refractivity (Wildman–Crippen MR) is 86.5 cm³/mol. The van der Waals surface area contributed by atoms with Crippen LogP contribution in [-0.4, -0.2) is 35.9 Å². The van der Waals surface area contributed by atoms with Gasteiger partial charge in [0.25, 0.3) is 0 Å². The number of rotatable bonds is 3. The Morgan fingerprint density at radius 3 is 2.36 bits per heavy atom. The number of anilines is 1. The van der Waals surface area contributed by atoms with Crippen molar-refractivity contribution in [2.45, 2.75) is 57.4 Å². The van der Waals surface area contributed by atoms with Crippen molar-refractivity contribution >= 4 is 11.6 Å². The Bertz CT molecular complexity index is 621. The van der Waals surface area contributed by atoms with E-state index in [4.69, 9.17) is 4.74 Å². The number of hydrogen-bond donors (Lipinski definition) is 1. The number of aliphatic hydroxyl groups excluding tert-OH is 1. The van der Waals surface area contributed by atoms with Crippen LogP contribution < -0.4 is 9.64 Å². The van der Waals surface area contributed by atoms with Crippen molar-refractivity contribution in [2.75, 3.05) is 11.4 Å². The fourth-order valence-corrected chi connectivity index (χ4v) is 3.66. The lowest BCUT2D eigenvalue weighted by atomic mass is 9.72. The normalized spacial score (nSPS) is 28.4. The van der Waals surface area contributed by atoms with Gasteiger partial charge in [-0.1, -0.05) is 0 Å². The van der Waals surface area contributed by atoms with E-state index in [1.807, 2.05) is 0 Å². The highest BCUT2D eigenvalue weighted by atomic mass is 19.4. The van der Waals surface area contributed by atoms with Crippen LogP contribution in [0.15, 0.2) is 24.3 Å². The van der Waals surface area contributed by atoms with Crippen LogP contribution in [0, 0.1) is 5.41 Å². The van der Waals surface area contributed by atoms with Gasteiger partial charge in [0.05, 0.1) is 11.5 Å². The lowest BCUT2D eigenvalue weighted by molar-refractivity contribution is -0.189. The number of carbonyl (C=O) groups excluding carboxylic acids is 1. The summed E-state index contributed by atoms with van der Waals surface area (Å²) in [6.07, 6.45) is -3.21. The SMILES string of the molecule is C[C@H](Oc1ccc(N2CCC3(CCC(O)CC3)C2=O)cc1)C(F)(F)F. The van der Waals surface area contributed by atoms with Gasteiger partial charge in [-0.05, 0) is 63.3 Å². The molecule has 7 heteroatoms. The maximum Gasteiger partial charge on any atom is 0.425 e. The van der Waals surface area contributed by atoms with Crippen LogP contribution in [0.3, 0.4) is 0 Å². The van der Waals surface area contributed by atoms with Gasteiger partial charge >= 0.3 is 6.18 Å². The van der Waals surface area contributed by atoms with E-state index in [2.05, 4.69) is 0 Å². The highest BCUT2D eigenvalue weighted by molar-refractivity contribution is 6.00. The molecule has 1 aromatic rings. The molecule has 0 unspecified atom stereocenters. The second-order valence-corrected chi connectivity index (χ2v) is 7.01. The van der Waals surface area contributed by atoms with Gasteiger partial charge in [0.1, 0.15) is 5.75 Å². The van der Waals surface area contributed by atoms with Crippen molar-refractivity contribution in [1.82, 2.24) is 0 Å². The van der Waals surface area contributed by atoms with Crippen molar-refractivity contribution < 1.29 is 27.8 Å². The highest BCUT2D eigenvalue weighted by Gasteiger charge is 2.48. The monoisotopic (exact) mass is 357 g/mol. The average molecular weight is 357 g/mol. The highest BCUT2D eigenvalue weighted by Crippen LogP contribution is 2.46. The number of nitrogens with zero attached hydrogens (tertiary/aromatic N) is 1. The molecule has 1 aliphatic carbocycles. The van der Waals surface area contributed by atoms with Gasteiger partial charge in [-0.3, -0.25) is 4.79 Å². The summed E-state index contributed by atoms with van der Waals surface area (Å²) in [6, 6.07) is 6.15. The van der Waals surface area contributed by atoms with E-state index >= 15 is 0 Å². The van der Waals surface area contributed by atoms with Crippen LogP contribution in [0.5, 0.6) is 5.75 Å². The molecule has 1 atom stereocenters. The zero-order chi connectivity index (χ0) is 18.2. The molecule has 25 heavy (non-hydrogen) atoms. The summed E-state index contributed by atoms with van der Waals surface area (Å²) < 4.78 is 42.5. The number of hydrogen-bond acceptors (Lipinski definition) is 3. The summed E-state index contributed by atoms with van der Waals surface area (Å²) in [5.74, 6) is 0.174. The van der Waals surface area contributed by atoms with E-state index in [9.17, 15) is 23.1 Å². The zero-order valence-electron chi connectivity index (χ0n) is 14.1. The van der Waals surface area contributed by atoms with Crippen molar-refractivity contribution in [2.24, 2.45) is 5.41 Å². The molecular weight excluding hydrogens is 335 g/mol. The van der Waals surface area contributed by atoms with Crippen molar-refractivity contribution in [1.29, 1.82) is 0 Å². The summed E-state index contributed by atoms with van der Waals surface area (Å²) in [7, 11) is 0. The third-order valence-corrected chi connectivity index (χ3v) is 5.35. The second kappa shape index (κ2) is 6.52. The standard InChI is InChI=1S/C18H22F3NO3/c1-12(18(19,20)21)25-15-4-2-13(3-5-15)22-11-10-17(16(22)24)8-6-14(23)7-9-17/h2-5,12,14,23H,6-11H2,1H3/t12-,14?,17?/m0/s1. The minimum absolute atomic E-state index is 0.0525. The van der Waals surface area contributed by atoms with E-state index < -0.39 is 12.3 Å². The van der Waals surface area contributed by atoms with Gasteiger partial charge in [0.2, 0.25) is 5.91 Å². The van der Waals surface area contributed by atoms with Gasteiger partial charge in [0.15, 0.2) is 6.10 Å². The molecular formula is C18H22F3NO3. The van der Waals surface area contributed by atoms with E-state index in [1.54, 1.807) is 17.0 Å². The van der Waals surface area contributed by atoms with Crippen molar-refractivity contribution in [3.8, 4) is 5.75 Å². The largest absolute Gasteiger partial charge is 0.481 e. The number of aliphatic hydroxyl groups is 1. The number of carbonyl (C=O) groups is 1. The lowest BCUT2D eigenvalue weighted by Gasteiger charge is -2.33. The first kappa shape index (κ1) is 18.0. The number of halogens is 3. The molecule has 2 aliphatic rings. The fourth-order valence-electron chi connectivity index (χ4n) is 3.66. The van der Waals surface area contributed by atoms with Gasteiger partial charge in [-0.15, -0.1) is 0 Å². The summed E-state index contributed by atoms with van der Waals surface area (Å²) in [6.45, 7) is 1.55. The molecule has 1 heterocycles. The maximum absolute atomic E-state index is 12.8. The molecule has 4 nitrogen and oxygen atoms in total. The Kier molecular flexibility index (Phi) is 4.70. The molecule has 1 saturated carbocycles. The second-order valence-electron chi connectivity index (χ2n) is 7.01. The molecule has 3 rings (SSSR count). The molecule has 1 aliphatic heterocycles. The van der Waals surface area contributed by atoms with Crippen LogP contribution in [-0.2, 0) is 4.79 Å². The fraction of sp³-hybridized carbons (Fsp3) is 0.611. The topological polar surface area (TPSA) is 49.8 Å². The third-order valence-electron chi connectivity index (χ3n) is 5.35. The van der Waals surface area contributed by atoms with Gasteiger partial charge < -0.3 is 14.7 Å². The Labute approximate surface area is 144 Å². The Balaban J connectivity index is 1.68. The summed E-state index contributed by atoms with van der Waals surface area (Å²) in [5, 5.41) is 9.66. The minimum atomic E-state index is -4.42. The zero-order valence-corrected chi connectivity index (χ0v) is 14.1. The van der Waals surface area contributed by atoms with Crippen molar-refractivity contribution in [3.63, 3.8) is 0 Å². The van der Waals surface area contributed by atoms with E-state index in [0.29, 0.717) is 37.9 Å². The van der Waals surface area contributed by atoms with Crippen LogP contribution in [0.25, 0.3) is 0 Å². The first-order valence-corrected chi connectivity index (χ1v) is 8.55. The minimum Gasteiger partial charge on any atom is -0.481 e. The molecule has 138 valence electrons. The summed E-state index contributed by atoms with van der Waals surface area (Å²) in [5.41, 5.74) is 0.277. The van der Waals surface area contributed by atoms with Crippen LogP contribution in [0.4, 0.5) is 18.9 Å². The Hall–Kier alpha value is -1.76.